The van der Waals surface area contributed by atoms with E-state index in [4.69, 9.17) is 0 Å². The van der Waals surface area contributed by atoms with E-state index in [2.05, 4.69) is 32.9 Å². The minimum absolute atomic E-state index is 1.16. The molecule has 0 fully saturated rings. The number of hydrogen-bond donors (Lipinski definition) is 0. The van der Waals surface area contributed by atoms with Crippen molar-refractivity contribution in [2.45, 2.75) is 82.1 Å². The molecule has 0 amide bonds. The summed E-state index contributed by atoms with van der Waals surface area (Å²) in [7, 11) is 0. The summed E-state index contributed by atoms with van der Waals surface area (Å²) in [6, 6.07) is 0. The zero-order valence-corrected chi connectivity index (χ0v) is 12.6. The zero-order chi connectivity index (χ0) is 12.8. The number of rotatable bonds is 1. The van der Waals surface area contributed by atoms with Gasteiger partial charge in [0, 0.05) is 0 Å². The predicted octanol–water partition coefficient (Wildman–Crippen LogP) is 6.47. The van der Waals surface area contributed by atoms with Crippen LogP contribution in [-0.4, -0.2) is 0 Å². The van der Waals surface area contributed by atoms with Crippen LogP contribution in [-0.2, 0) is 0 Å². The van der Waals surface area contributed by atoms with E-state index in [0.717, 1.165) is 6.42 Å². The summed E-state index contributed by atoms with van der Waals surface area (Å²) in [5, 5.41) is 0. The summed E-state index contributed by atoms with van der Waals surface area (Å²) in [5.74, 6) is 0. The Morgan fingerprint density at radius 2 is 0.929 bits per heavy atom. The van der Waals surface area contributed by atoms with Gasteiger partial charge in [-0.25, -0.2) is 0 Å². The lowest BCUT2D eigenvalue weighted by molar-refractivity contribution is 1.09. The van der Waals surface area contributed by atoms with E-state index in [-0.39, 0.29) is 0 Å². The quantitative estimate of drug-likeness (QED) is 0.429. The number of allylic oxidation sites excluding steroid dienone is 2. The first-order valence-corrected chi connectivity index (χ1v) is 6.44. The Balaban J connectivity index is -0.0000000263. The van der Waals surface area contributed by atoms with Crippen LogP contribution in [0, 0.1) is 0 Å². The fourth-order valence-corrected chi connectivity index (χ4v) is 0.236. The molecule has 14 heavy (non-hydrogen) atoms. The average Bonchev–Trinajstić information content (AvgIpc) is 2.29. The summed E-state index contributed by atoms with van der Waals surface area (Å²) in [6.45, 7) is 20.4. The van der Waals surface area contributed by atoms with Crippen molar-refractivity contribution in [2.75, 3.05) is 0 Å². The third-order valence-electron chi connectivity index (χ3n) is 0.471. The molecule has 0 aromatic rings. The van der Waals surface area contributed by atoms with Gasteiger partial charge < -0.3 is 0 Å². The van der Waals surface area contributed by atoms with E-state index in [9.17, 15) is 0 Å². The van der Waals surface area contributed by atoms with E-state index in [1.165, 1.54) is 6.42 Å². The molecule has 0 unspecified atom stereocenters. The van der Waals surface area contributed by atoms with Gasteiger partial charge in [-0.2, -0.15) is 0 Å². The molecule has 92 valence electrons. The van der Waals surface area contributed by atoms with Crippen LogP contribution in [0.1, 0.15) is 82.1 Å². The highest BCUT2D eigenvalue weighted by Gasteiger charge is 1.52. The van der Waals surface area contributed by atoms with Gasteiger partial charge in [-0.15, -0.1) is 0 Å². The minimum Gasteiger partial charge on any atom is -0.0917 e. The van der Waals surface area contributed by atoms with Crippen LogP contribution in [0.2, 0.25) is 0 Å². The molecular formula is C14H36. The molecule has 0 aliphatic heterocycles. The first-order valence-electron chi connectivity index (χ1n) is 6.44. The third-order valence-corrected chi connectivity index (χ3v) is 0.471. The summed E-state index contributed by atoms with van der Waals surface area (Å²) in [5.41, 5.74) is 0. The highest BCUT2D eigenvalue weighted by molar-refractivity contribution is 4.73. The van der Waals surface area contributed by atoms with Gasteiger partial charge in [0.25, 0.3) is 0 Å². The normalized spacial score (nSPS) is 6.14. The second-order valence-electron chi connectivity index (χ2n) is 1.68. The Hall–Kier alpha value is -0.260. The second-order valence-corrected chi connectivity index (χ2v) is 1.68. The molecule has 0 rings (SSSR count). The maximum atomic E-state index is 2.12. The summed E-state index contributed by atoms with van der Waals surface area (Å²) >= 11 is 0. The molecule has 0 atom stereocenters. The van der Waals surface area contributed by atoms with Crippen molar-refractivity contribution in [3.05, 3.63) is 12.2 Å². The zero-order valence-electron chi connectivity index (χ0n) is 12.6. The monoisotopic (exact) mass is 204 g/mol. The molecular weight excluding hydrogens is 168 g/mol. The van der Waals surface area contributed by atoms with Gasteiger partial charge in [-0.1, -0.05) is 80.9 Å². The predicted molar refractivity (Wildman–Crippen MR) is 75.1 cm³/mol. The molecule has 0 aliphatic rings. The van der Waals surface area contributed by atoms with Crippen molar-refractivity contribution in [2.24, 2.45) is 0 Å². The van der Waals surface area contributed by atoms with Crippen molar-refractivity contribution in [1.29, 1.82) is 0 Å². The SMILES string of the molecule is C/C=C\CC.CC.CC.CC.CCC. The standard InChI is InChI=1S/C5H10.C3H8.3C2H6/c1-3-5-4-2;1-3-2;3*1-2/h3,5H,4H2,1-2H3;3H2,1-2H3;3*1-2H3/b5-3-;;;;. The molecule has 0 radical (unpaired) electrons. The Bertz CT molecular complexity index is 35.3. The lowest BCUT2D eigenvalue weighted by Gasteiger charge is -1.65. The van der Waals surface area contributed by atoms with Crippen molar-refractivity contribution >= 4 is 0 Å². The molecule has 0 N–H and O–H groups in total. The smallest absolute Gasteiger partial charge is 0.0379 e. The van der Waals surface area contributed by atoms with Gasteiger partial charge in [-0.05, 0) is 13.3 Å². The van der Waals surface area contributed by atoms with Gasteiger partial charge in [0.1, 0.15) is 0 Å². The fraction of sp³-hybridized carbons (Fsp3) is 0.857. The van der Waals surface area contributed by atoms with Gasteiger partial charge in [-0.3, -0.25) is 0 Å². The average molecular weight is 204 g/mol. The van der Waals surface area contributed by atoms with Crippen molar-refractivity contribution < 1.29 is 0 Å². The topological polar surface area (TPSA) is 0 Å². The van der Waals surface area contributed by atoms with E-state index in [1.54, 1.807) is 0 Å². The first kappa shape index (κ1) is 29.2. The Morgan fingerprint density at radius 1 is 0.714 bits per heavy atom. The molecule has 0 aromatic carbocycles. The van der Waals surface area contributed by atoms with Crippen LogP contribution in [0.15, 0.2) is 12.2 Å². The first-order chi connectivity index (χ1) is 6.83. The summed E-state index contributed by atoms with van der Waals surface area (Å²) in [6.07, 6.45) is 6.59. The van der Waals surface area contributed by atoms with Crippen molar-refractivity contribution in [3.63, 3.8) is 0 Å². The molecule has 0 heteroatoms. The van der Waals surface area contributed by atoms with Crippen molar-refractivity contribution in [1.82, 2.24) is 0 Å². The summed E-state index contributed by atoms with van der Waals surface area (Å²) < 4.78 is 0. The van der Waals surface area contributed by atoms with Crippen LogP contribution in [0.5, 0.6) is 0 Å². The largest absolute Gasteiger partial charge is 0.0917 e. The highest BCUT2D eigenvalue weighted by Crippen LogP contribution is 1.73. The van der Waals surface area contributed by atoms with Gasteiger partial charge in [0.2, 0.25) is 0 Å². The molecule has 0 nitrogen and oxygen atoms in total. The van der Waals surface area contributed by atoms with Crippen LogP contribution in [0.4, 0.5) is 0 Å². The van der Waals surface area contributed by atoms with Crippen LogP contribution < -0.4 is 0 Å². The second kappa shape index (κ2) is 126. The van der Waals surface area contributed by atoms with Gasteiger partial charge in [0.05, 0.1) is 0 Å². The minimum atomic E-state index is 1.16. The van der Waals surface area contributed by atoms with E-state index in [1.807, 2.05) is 48.5 Å². The molecule has 0 aliphatic carbocycles. The van der Waals surface area contributed by atoms with Gasteiger partial charge in [0.15, 0.2) is 0 Å². The lowest BCUT2D eigenvalue weighted by Crippen LogP contribution is -1.43. The maximum Gasteiger partial charge on any atom is -0.0379 e. The molecule has 0 saturated carbocycles. The molecule has 0 spiro atoms. The Labute approximate surface area is 94.8 Å². The molecule has 0 saturated heterocycles. The summed E-state index contributed by atoms with van der Waals surface area (Å²) in [4.78, 5) is 0. The van der Waals surface area contributed by atoms with E-state index >= 15 is 0 Å². The Morgan fingerprint density at radius 3 is 0.929 bits per heavy atom. The molecule has 0 aromatic heterocycles. The van der Waals surface area contributed by atoms with Crippen LogP contribution in [0.25, 0.3) is 0 Å². The third kappa shape index (κ3) is 447. The van der Waals surface area contributed by atoms with Crippen molar-refractivity contribution in [3.8, 4) is 0 Å². The fourth-order valence-electron chi connectivity index (χ4n) is 0.236. The molecule has 0 heterocycles. The van der Waals surface area contributed by atoms with Crippen LogP contribution >= 0.6 is 0 Å². The van der Waals surface area contributed by atoms with Crippen LogP contribution in [0.3, 0.4) is 0 Å². The van der Waals surface area contributed by atoms with E-state index < -0.39 is 0 Å². The lowest BCUT2D eigenvalue weighted by atomic mass is 10.4. The van der Waals surface area contributed by atoms with Gasteiger partial charge >= 0.3 is 0 Å². The highest BCUT2D eigenvalue weighted by atomic mass is 13.6. The molecule has 0 bridgehead atoms. The maximum absolute atomic E-state index is 2.12. The van der Waals surface area contributed by atoms with E-state index in [0.29, 0.717) is 0 Å². The Kier molecular flexibility index (Phi) is 262. The number of hydrogen-bond acceptors (Lipinski definition) is 0.